The highest BCUT2D eigenvalue weighted by molar-refractivity contribution is 7.99. The first-order chi connectivity index (χ1) is 8.36. The number of benzene rings is 1. The Hall–Kier alpha value is -1.11. The summed E-state index contributed by atoms with van der Waals surface area (Å²) in [6.45, 7) is 2.98. The maximum absolute atomic E-state index is 8.64. The first kappa shape index (κ1) is 14.0. The molecule has 0 unspecified atom stereocenters. The van der Waals surface area contributed by atoms with Crippen LogP contribution in [0, 0.1) is 11.8 Å². The quantitative estimate of drug-likeness (QED) is 0.621. The van der Waals surface area contributed by atoms with Crippen LogP contribution in [0.3, 0.4) is 0 Å². The molecular formula is C14H18O2S. The molecule has 0 aromatic heterocycles. The highest BCUT2D eigenvalue weighted by Gasteiger charge is 1.94. The van der Waals surface area contributed by atoms with Crippen LogP contribution in [0.2, 0.25) is 0 Å². The van der Waals surface area contributed by atoms with Crippen LogP contribution in [0.1, 0.15) is 18.9 Å². The van der Waals surface area contributed by atoms with Crippen molar-refractivity contribution in [3.05, 3.63) is 29.8 Å². The number of hydrogen-bond donors (Lipinski definition) is 1. The van der Waals surface area contributed by atoms with Gasteiger partial charge in [-0.3, -0.25) is 0 Å². The summed E-state index contributed by atoms with van der Waals surface area (Å²) in [5.41, 5.74) is 0.930. The Morgan fingerprint density at radius 3 is 3.06 bits per heavy atom. The van der Waals surface area contributed by atoms with Crippen LogP contribution >= 0.6 is 11.8 Å². The van der Waals surface area contributed by atoms with Crippen LogP contribution in [0.15, 0.2) is 24.3 Å². The Balaban J connectivity index is 2.46. The van der Waals surface area contributed by atoms with Crippen LogP contribution in [0.25, 0.3) is 0 Å². The summed E-state index contributed by atoms with van der Waals surface area (Å²) in [5.74, 6) is 8.88. The zero-order valence-electron chi connectivity index (χ0n) is 10.1. The van der Waals surface area contributed by atoms with E-state index in [1.54, 1.807) is 0 Å². The number of aliphatic hydroxyl groups excluding tert-OH is 1. The zero-order valence-corrected chi connectivity index (χ0v) is 10.9. The van der Waals surface area contributed by atoms with Gasteiger partial charge in [-0.15, -0.1) is 0 Å². The van der Waals surface area contributed by atoms with E-state index in [0.717, 1.165) is 29.4 Å². The molecule has 0 saturated carbocycles. The number of ether oxygens (including phenoxy) is 1. The molecule has 1 rings (SSSR count). The predicted molar refractivity (Wildman–Crippen MR) is 73.5 cm³/mol. The minimum atomic E-state index is 0.109. The van der Waals surface area contributed by atoms with Gasteiger partial charge in [0.15, 0.2) is 0 Å². The first-order valence-corrected chi connectivity index (χ1v) is 6.92. The van der Waals surface area contributed by atoms with E-state index < -0.39 is 0 Å². The van der Waals surface area contributed by atoms with Crippen LogP contribution in [0.5, 0.6) is 5.75 Å². The summed E-state index contributed by atoms with van der Waals surface area (Å²) < 4.78 is 5.62. The molecule has 0 amide bonds. The van der Waals surface area contributed by atoms with E-state index in [2.05, 4.69) is 18.8 Å². The molecule has 3 heteroatoms. The van der Waals surface area contributed by atoms with E-state index in [4.69, 9.17) is 9.84 Å². The standard InChI is InChI=1S/C14H18O2S/c1-2-17-11-10-16-14-8-5-7-13(12-14)6-3-4-9-15/h5,7-8,12,15H,2,4,9-11H2,1H3. The molecule has 0 radical (unpaired) electrons. The second-order valence-corrected chi connectivity index (χ2v) is 4.74. The Morgan fingerprint density at radius 1 is 1.41 bits per heavy atom. The molecule has 0 spiro atoms. The molecule has 92 valence electrons. The Bertz CT molecular complexity index is 379. The number of rotatable bonds is 6. The lowest BCUT2D eigenvalue weighted by Gasteiger charge is -2.05. The highest BCUT2D eigenvalue weighted by atomic mass is 32.2. The largest absolute Gasteiger partial charge is 0.493 e. The van der Waals surface area contributed by atoms with Crippen LogP contribution in [0.4, 0.5) is 0 Å². The van der Waals surface area contributed by atoms with Crippen molar-refractivity contribution in [1.29, 1.82) is 0 Å². The average Bonchev–Trinajstić information content (AvgIpc) is 2.36. The van der Waals surface area contributed by atoms with Crippen LogP contribution < -0.4 is 4.74 Å². The van der Waals surface area contributed by atoms with Crippen LogP contribution in [-0.2, 0) is 0 Å². The average molecular weight is 250 g/mol. The van der Waals surface area contributed by atoms with Gasteiger partial charge in [-0.2, -0.15) is 11.8 Å². The van der Waals surface area contributed by atoms with Crippen molar-refractivity contribution in [2.45, 2.75) is 13.3 Å². The summed E-state index contributed by atoms with van der Waals surface area (Å²) in [6.07, 6.45) is 0.512. The molecule has 0 aliphatic heterocycles. The van der Waals surface area contributed by atoms with E-state index in [9.17, 15) is 0 Å². The van der Waals surface area contributed by atoms with E-state index in [-0.39, 0.29) is 6.61 Å². The molecule has 1 aromatic rings. The molecular weight excluding hydrogens is 232 g/mol. The monoisotopic (exact) mass is 250 g/mol. The van der Waals surface area contributed by atoms with Crippen molar-refractivity contribution in [3.63, 3.8) is 0 Å². The molecule has 0 aliphatic carbocycles. The molecule has 1 N–H and O–H groups in total. The van der Waals surface area contributed by atoms with Gasteiger partial charge in [-0.1, -0.05) is 24.8 Å². The van der Waals surface area contributed by atoms with Gasteiger partial charge in [-0.25, -0.2) is 0 Å². The van der Waals surface area contributed by atoms with Crippen molar-refractivity contribution in [1.82, 2.24) is 0 Å². The van der Waals surface area contributed by atoms with Gasteiger partial charge in [0.2, 0.25) is 0 Å². The highest BCUT2D eigenvalue weighted by Crippen LogP contribution is 2.13. The number of hydrogen-bond acceptors (Lipinski definition) is 3. The maximum atomic E-state index is 8.64. The summed E-state index contributed by atoms with van der Waals surface area (Å²) >= 11 is 1.87. The summed E-state index contributed by atoms with van der Waals surface area (Å²) in [7, 11) is 0. The molecule has 0 fully saturated rings. The summed E-state index contributed by atoms with van der Waals surface area (Å²) in [5, 5.41) is 8.64. The van der Waals surface area contributed by atoms with Gasteiger partial charge in [0.25, 0.3) is 0 Å². The lowest BCUT2D eigenvalue weighted by atomic mass is 10.2. The third-order valence-electron chi connectivity index (χ3n) is 2.00. The van der Waals surface area contributed by atoms with Gasteiger partial charge in [0, 0.05) is 17.7 Å². The van der Waals surface area contributed by atoms with Crippen molar-refractivity contribution in [2.24, 2.45) is 0 Å². The zero-order chi connectivity index (χ0) is 12.3. The van der Waals surface area contributed by atoms with Gasteiger partial charge < -0.3 is 9.84 Å². The molecule has 0 aliphatic rings. The van der Waals surface area contributed by atoms with E-state index in [1.807, 2.05) is 36.0 Å². The topological polar surface area (TPSA) is 29.5 Å². The minimum absolute atomic E-state index is 0.109. The summed E-state index contributed by atoms with van der Waals surface area (Å²) in [6, 6.07) is 7.75. The second-order valence-electron chi connectivity index (χ2n) is 3.35. The van der Waals surface area contributed by atoms with Gasteiger partial charge in [0.1, 0.15) is 5.75 Å². The van der Waals surface area contributed by atoms with E-state index in [0.29, 0.717) is 6.42 Å². The molecule has 0 bridgehead atoms. The van der Waals surface area contributed by atoms with Crippen molar-refractivity contribution in [2.75, 3.05) is 24.7 Å². The third-order valence-corrected chi connectivity index (χ3v) is 2.87. The lowest BCUT2D eigenvalue weighted by molar-refractivity contribution is 0.305. The maximum Gasteiger partial charge on any atom is 0.120 e. The van der Waals surface area contributed by atoms with Gasteiger partial charge in [-0.05, 0) is 24.0 Å². The van der Waals surface area contributed by atoms with Gasteiger partial charge in [0.05, 0.1) is 13.2 Å². The SMILES string of the molecule is CCSCCOc1cccc(C#CCCO)c1. The van der Waals surface area contributed by atoms with Crippen LogP contribution in [-0.4, -0.2) is 29.8 Å². The molecule has 0 saturated heterocycles. The van der Waals surface area contributed by atoms with Crippen molar-refractivity contribution >= 4 is 11.8 Å². The smallest absolute Gasteiger partial charge is 0.120 e. The fourth-order valence-electron chi connectivity index (χ4n) is 1.25. The number of thioether (sulfide) groups is 1. The number of aliphatic hydroxyl groups is 1. The predicted octanol–water partition coefficient (Wildman–Crippen LogP) is 2.55. The van der Waals surface area contributed by atoms with Gasteiger partial charge >= 0.3 is 0 Å². The molecule has 0 heterocycles. The normalized spacial score (nSPS) is 9.53. The fraction of sp³-hybridized carbons (Fsp3) is 0.429. The molecule has 1 aromatic carbocycles. The second kappa shape index (κ2) is 8.98. The lowest BCUT2D eigenvalue weighted by Crippen LogP contribution is -2.00. The Kier molecular flexibility index (Phi) is 7.37. The van der Waals surface area contributed by atoms with Crippen molar-refractivity contribution < 1.29 is 9.84 Å². The Labute approximate surface area is 107 Å². The minimum Gasteiger partial charge on any atom is -0.493 e. The van der Waals surface area contributed by atoms with E-state index >= 15 is 0 Å². The molecule has 0 atom stereocenters. The summed E-state index contributed by atoms with van der Waals surface area (Å²) in [4.78, 5) is 0. The Morgan fingerprint density at radius 2 is 2.29 bits per heavy atom. The molecule has 2 nitrogen and oxygen atoms in total. The fourth-order valence-corrected chi connectivity index (χ4v) is 1.74. The van der Waals surface area contributed by atoms with E-state index in [1.165, 1.54) is 0 Å². The molecule has 17 heavy (non-hydrogen) atoms. The third kappa shape index (κ3) is 6.25. The van der Waals surface area contributed by atoms with Crippen molar-refractivity contribution in [3.8, 4) is 17.6 Å². The first-order valence-electron chi connectivity index (χ1n) is 5.77.